The van der Waals surface area contributed by atoms with Crippen LogP contribution in [0, 0.1) is 6.92 Å². The summed E-state index contributed by atoms with van der Waals surface area (Å²) in [5, 5.41) is 3.20. The summed E-state index contributed by atoms with van der Waals surface area (Å²) in [5.74, 6) is 0.146. The van der Waals surface area contributed by atoms with Gasteiger partial charge in [-0.15, -0.1) is 11.3 Å². The van der Waals surface area contributed by atoms with Crippen molar-refractivity contribution in [3.8, 4) is 0 Å². The number of carbonyl (C=O) groups excluding carboxylic acids is 1. The third-order valence-electron chi connectivity index (χ3n) is 3.79. The van der Waals surface area contributed by atoms with Crippen molar-refractivity contribution in [1.29, 1.82) is 0 Å². The van der Waals surface area contributed by atoms with Crippen LogP contribution in [0.2, 0.25) is 0 Å². The van der Waals surface area contributed by atoms with Gasteiger partial charge in [0.05, 0.1) is 13.0 Å². The molecule has 2 heterocycles. The number of nitrogens with one attached hydrogen (secondary N) is 1. The summed E-state index contributed by atoms with van der Waals surface area (Å²) in [6, 6.07) is 10.2. The highest BCUT2D eigenvalue weighted by Gasteiger charge is 2.14. The van der Waals surface area contributed by atoms with Crippen LogP contribution in [0.3, 0.4) is 0 Å². The molecule has 0 aliphatic rings. The van der Waals surface area contributed by atoms with Crippen molar-refractivity contribution in [2.24, 2.45) is 0 Å². The number of nitrogens with zero attached hydrogens (tertiary/aromatic N) is 1. The molecule has 3 aromatic rings. The molecule has 0 atom stereocenters. The van der Waals surface area contributed by atoms with Gasteiger partial charge in [-0.1, -0.05) is 18.2 Å². The highest BCUT2D eigenvalue weighted by Crippen LogP contribution is 2.20. The fourth-order valence-electron chi connectivity index (χ4n) is 2.45. The number of fused-ring (bicyclic) bond motifs is 1. The van der Waals surface area contributed by atoms with Gasteiger partial charge >= 0.3 is 0 Å². The van der Waals surface area contributed by atoms with Crippen molar-refractivity contribution in [3.05, 3.63) is 57.9 Å². The highest BCUT2D eigenvalue weighted by atomic mass is 32.1. The molecule has 1 aromatic carbocycles. The number of aromatic amines is 1. The average molecular weight is 298 g/mol. The summed E-state index contributed by atoms with van der Waals surface area (Å²) in [6.07, 6.45) is 2.37. The summed E-state index contributed by atoms with van der Waals surface area (Å²) >= 11 is 1.71. The van der Waals surface area contributed by atoms with Crippen LogP contribution in [0.5, 0.6) is 0 Å². The molecule has 0 aliphatic carbocycles. The Morgan fingerprint density at radius 3 is 2.86 bits per heavy atom. The van der Waals surface area contributed by atoms with Crippen LogP contribution < -0.4 is 0 Å². The number of thiophene rings is 1. The Bertz CT molecular complexity index is 772. The third kappa shape index (κ3) is 2.85. The number of benzene rings is 1. The summed E-state index contributed by atoms with van der Waals surface area (Å²) in [4.78, 5) is 18.7. The van der Waals surface area contributed by atoms with Gasteiger partial charge in [-0.3, -0.25) is 4.79 Å². The number of hydrogen-bond acceptors (Lipinski definition) is 2. The zero-order valence-corrected chi connectivity index (χ0v) is 13.0. The molecule has 1 amide bonds. The first kappa shape index (κ1) is 13.9. The molecule has 2 aromatic heterocycles. The van der Waals surface area contributed by atoms with Crippen LogP contribution in [0.4, 0.5) is 0 Å². The number of amides is 1. The Morgan fingerprint density at radius 2 is 2.10 bits per heavy atom. The van der Waals surface area contributed by atoms with E-state index in [0.717, 1.165) is 16.5 Å². The predicted molar refractivity (Wildman–Crippen MR) is 87.5 cm³/mol. The van der Waals surface area contributed by atoms with E-state index in [2.05, 4.69) is 29.4 Å². The van der Waals surface area contributed by atoms with Crippen LogP contribution in [0.15, 0.2) is 41.9 Å². The van der Waals surface area contributed by atoms with Crippen LogP contribution in [-0.2, 0) is 17.8 Å². The van der Waals surface area contributed by atoms with Crippen LogP contribution in [0.25, 0.3) is 10.9 Å². The quantitative estimate of drug-likeness (QED) is 0.782. The minimum Gasteiger partial charge on any atom is -0.361 e. The standard InChI is InChI=1S/C17H18N2OS/c1-12-7-8-21-16(12)11-19(2)17(20)9-13-10-18-15-6-4-3-5-14(13)15/h3-8,10,18H,9,11H2,1-2H3. The van der Waals surface area contributed by atoms with Gasteiger partial charge in [0, 0.05) is 29.0 Å². The van der Waals surface area contributed by atoms with Gasteiger partial charge in [0.1, 0.15) is 0 Å². The average Bonchev–Trinajstić information content (AvgIpc) is 3.07. The second kappa shape index (κ2) is 5.74. The second-order valence-corrected chi connectivity index (χ2v) is 6.31. The van der Waals surface area contributed by atoms with Crippen molar-refractivity contribution >= 4 is 28.1 Å². The van der Waals surface area contributed by atoms with Gasteiger partial charge in [0.2, 0.25) is 5.91 Å². The highest BCUT2D eigenvalue weighted by molar-refractivity contribution is 7.10. The molecule has 0 radical (unpaired) electrons. The van der Waals surface area contributed by atoms with E-state index in [1.807, 2.05) is 31.4 Å². The van der Waals surface area contributed by atoms with Crippen molar-refractivity contribution in [2.75, 3.05) is 7.05 Å². The number of rotatable bonds is 4. The van der Waals surface area contributed by atoms with E-state index in [-0.39, 0.29) is 5.91 Å². The number of H-pyrrole nitrogens is 1. The van der Waals surface area contributed by atoms with Crippen LogP contribution in [-0.4, -0.2) is 22.8 Å². The molecule has 0 saturated heterocycles. The van der Waals surface area contributed by atoms with Crippen LogP contribution in [0.1, 0.15) is 16.0 Å². The zero-order chi connectivity index (χ0) is 14.8. The fraction of sp³-hybridized carbons (Fsp3) is 0.235. The molecular formula is C17H18N2OS. The van der Waals surface area contributed by atoms with E-state index in [1.165, 1.54) is 10.4 Å². The molecular weight excluding hydrogens is 280 g/mol. The molecule has 0 aliphatic heterocycles. The van der Waals surface area contributed by atoms with E-state index in [0.29, 0.717) is 13.0 Å². The molecule has 0 unspecified atom stereocenters. The Hall–Kier alpha value is -2.07. The lowest BCUT2D eigenvalue weighted by Crippen LogP contribution is -2.27. The predicted octanol–water partition coefficient (Wildman–Crippen LogP) is 3.74. The number of carbonyl (C=O) groups is 1. The SMILES string of the molecule is Cc1ccsc1CN(C)C(=O)Cc1c[nH]c2ccccc12. The van der Waals surface area contributed by atoms with Gasteiger partial charge in [-0.2, -0.15) is 0 Å². The van der Waals surface area contributed by atoms with Crippen molar-refractivity contribution in [2.45, 2.75) is 19.9 Å². The van der Waals surface area contributed by atoms with E-state index < -0.39 is 0 Å². The molecule has 0 bridgehead atoms. The molecule has 0 spiro atoms. The van der Waals surface area contributed by atoms with E-state index in [4.69, 9.17) is 0 Å². The van der Waals surface area contributed by atoms with Gasteiger partial charge < -0.3 is 9.88 Å². The Balaban J connectivity index is 1.72. The van der Waals surface area contributed by atoms with E-state index in [1.54, 1.807) is 16.2 Å². The molecule has 1 N–H and O–H groups in total. The maximum atomic E-state index is 12.4. The molecule has 0 saturated carbocycles. The first-order valence-electron chi connectivity index (χ1n) is 6.97. The Labute approximate surface area is 128 Å². The van der Waals surface area contributed by atoms with Gasteiger partial charge in [-0.05, 0) is 35.6 Å². The normalized spacial score (nSPS) is 11.0. The van der Waals surface area contributed by atoms with E-state index in [9.17, 15) is 4.79 Å². The number of aryl methyl sites for hydroxylation is 1. The maximum absolute atomic E-state index is 12.4. The first-order chi connectivity index (χ1) is 10.1. The lowest BCUT2D eigenvalue weighted by molar-refractivity contribution is -0.129. The number of aromatic nitrogens is 1. The molecule has 0 fully saturated rings. The zero-order valence-electron chi connectivity index (χ0n) is 12.2. The summed E-state index contributed by atoms with van der Waals surface area (Å²) in [7, 11) is 1.87. The Morgan fingerprint density at radius 1 is 1.29 bits per heavy atom. The second-order valence-electron chi connectivity index (χ2n) is 5.31. The molecule has 3 rings (SSSR count). The third-order valence-corrected chi connectivity index (χ3v) is 4.80. The summed E-state index contributed by atoms with van der Waals surface area (Å²) in [5.41, 5.74) is 3.40. The van der Waals surface area contributed by atoms with Crippen molar-refractivity contribution in [3.63, 3.8) is 0 Å². The smallest absolute Gasteiger partial charge is 0.227 e. The maximum Gasteiger partial charge on any atom is 0.227 e. The minimum atomic E-state index is 0.146. The number of hydrogen-bond donors (Lipinski definition) is 1. The largest absolute Gasteiger partial charge is 0.361 e. The van der Waals surface area contributed by atoms with Gasteiger partial charge in [-0.25, -0.2) is 0 Å². The molecule has 108 valence electrons. The molecule has 3 nitrogen and oxygen atoms in total. The summed E-state index contributed by atoms with van der Waals surface area (Å²) in [6.45, 7) is 2.77. The number of likely N-dealkylation sites (N-methyl/N-ethyl adjacent to an activating group) is 1. The Kier molecular flexibility index (Phi) is 3.80. The minimum absolute atomic E-state index is 0.146. The van der Waals surface area contributed by atoms with Gasteiger partial charge in [0.25, 0.3) is 0 Å². The topological polar surface area (TPSA) is 36.1 Å². The number of para-hydroxylation sites is 1. The van der Waals surface area contributed by atoms with Crippen LogP contribution >= 0.6 is 11.3 Å². The van der Waals surface area contributed by atoms with Crippen molar-refractivity contribution < 1.29 is 4.79 Å². The molecule has 21 heavy (non-hydrogen) atoms. The monoisotopic (exact) mass is 298 g/mol. The van der Waals surface area contributed by atoms with Crippen molar-refractivity contribution in [1.82, 2.24) is 9.88 Å². The lowest BCUT2D eigenvalue weighted by Gasteiger charge is -2.16. The molecule has 4 heteroatoms. The lowest BCUT2D eigenvalue weighted by atomic mass is 10.1. The van der Waals surface area contributed by atoms with Gasteiger partial charge in [0.15, 0.2) is 0 Å². The summed E-state index contributed by atoms with van der Waals surface area (Å²) < 4.78 is 0. The fourth-order valence-corrected chi connectivity index (χ4v) is 3.40. The van der Waals surface area contributed by atoms with E-state index >= 15 is 0 Å². The first-order valence-corrected chi connectivity index (χ1v) is 7.85.